The minimum Gasteiger partial charge on any atom is -0.496 e. The minimum absolute atomic E-state index is 0.135. The zero-order valence-electron chi connectivity index (χ0n) is 10.9. The van der Waals surface area contributed by atoms with Gasteiger partial charge in [-0.25, -0.2) is 8.78 Å². The summed E-state index contributed by atoms with van der Waals surface area (Å²) in [5.41, 5.74) is 7.29. The van der Waals surface area contributed by atoms with Crippen LogP contribution in [0, 0.1) is 6.92 Å². The van der Waals surface area contributed by atoms with Crippen molar-refractivity contribution in [2.45, 2.75) is 19.8 Å². The van der Waals surface area contributed by atoms with Gasteiger partial charge in [-0.2, -0.15) is 5.10 Å². The second kappa shape index (κ2) is 4.53. The van der Waals surface area contributed by atoms with Crippen molar-refractivity contribution in [1.29, 1.82) is 0 Å². The number of nitrogens with zero attached hydrogens (tertiary/aromatic N) is 1. The molecule has 4 nitrogen and oxygen atoms in total. The molecule has 0 radical (unpaired) electrons. The third-order valence-electron chi connectivity index (χ3n) is 2.91. The van der Waals surface area contributed by atoms with Gasteiger partial charge in [-0.05, 0) is 18.6 Å². The second-order valence-electron chi connectivity index (χ2n) is 4.43. The molecule has 19 heavy (non-hydrogen) atoms. The number of hydrogen-bond acceptors (Lipinski definition) is 3. The molecule has 6 heteroatoms. The van der Waals surface area contributed by atoms with Crippen molar-refractivity contribution in [3.63, 3.8) is 0 Å². The average molecular weight is 267 g/mol. The number of hydrogen-bond donors (Lipinski definition) is 2. The number of alkyl halides is 2. The van der Waals surface area contributed by atoms with Crippen molar-refractivity contribution in [2.75, 3.05) is 12.8 Å². The van der Waals surface area contributed by atoms with E-state index in [-0.39, 0.29) is 11.3 Å². The molecular weight excluding hydrogens is 252 g/mol. The van der Waals surface area contributed by atoms with E-state index in [0.29, 0.717) is 17.1 Å². The standard InChI is InChI=1S/C13H15F2N3O/c1-7-4-5-8(13(2,14)15)12(19-3)11(7)9-6-10(16)18-17-9/h4-6H,1-3H3,(H3,16,17,18). The first kappa shape index (κ1) is 13.3. The third-order valence-corrected chi connectivity index (χ3v) is 2.91. The summed E-state index contributed by atoms with van der Waals surface area (Å²) >= 11 is 0. The lowest BCUT2D eigenvalue weighted by molar-refractivity contribution is 0.0151. The summed E-state index contributed by atoms with van der Waals surface area (Å²) in [6.45, 7) is 2.65. The van der Waals surface area contributed by atoms with Crippen molar-refractivity contribution in [3.8, 4) is 17.0 Å². The topological polar surface area (TPSA) is 63.9 Å². The fraction of sp³-hybridized carbons (Fsp3) is 0.308. The Kier molecular flexibility index (Phi) is 3.18. The van der Waals surface area contributed by atoms with Gasteiger partial charge >= 0.3 is 0 Å². The molecule has 0 atom stereocenters. The van der Waals surface area contributed by atoms with E-state index in [1.165, 1.54) is 13.2 Å². The highest BCUT2D eigenvalue weighted by Crippen LogP contribution is 2.42. The third kappa shape index (κ3) is 2.38. The van der Waals surface area contributed by atoms with E-state index in [4.69, 9.17) is 10.5 Å². The molecule has 0 saturated carbocycles. The van der Waals surface area contributed by atoms with Crippen molar-refractivity contribution in [1.82, 2.24) is 10.2 Å². The number of aromatic amines is 1. The lowest BCUT2D eigenvalue weighted by Crippen LogP contribution is -2.10. The van der Waals surface area contributed by atoms with Crippen molar-refractivity contribution in [3.05, 3.63) is 29.3 Å². The summed E-state index contributed by atoms with van der Waals surface area (Å²) in [4.78, 5) is 0. The molecule has 0 aliphatic heterocycles. The number of nitrogen functional groups attached to an aromatic ring is 1. The van der Waals surface area contributed by atoms with Gasteiger partial charge < -0.3 is 10.5 Å². The van der Waals surface area contributed by atoms with Gasteiger partial charge in [0.25, 0.3) is 5.92 Å². The predicted octanol–water partition coefficient (Wildman–Crippen LogP) is 3.09. The molecule has 0 fully saturated rings. The number of nitrogens with two attached hydrogens (primary N) is 1. The number of rotatable bonds is 3. The Morgan fingerprint density at radius 3 is 2.53 bits per heavy atom. The van der Waals surface area contributed by atoms with E-state index >= 15 is 0 Å². The number of nitrogens with one attached hydrogen (secondary N) is 1. The van der Waals surface area contributed by atoms with Crippen LogP contribution in [0.2, 0.25) is 0 Å². The average Bonchev–Trinajstić information content (AvgIpc) is 2.73. The number of aryl methyl sites for hydroxylation is 1. The highest BCUT2D eigenvalue weighted by molar-refractivity contribution is 5.74. The van der Waals surface area contributed by atoms with Crippen molar-refractivity contribution < 1.29 is 13.5 Å². The van der Waals surface area contributed by atoms with Crippen LogP contribution in [0.15, 0.2) is 18.2 Å². The van der Waals surface area contributed by atoms with Gasteiger partial charge in [0, 0.05) is 18.6 Å². The van der Waals surface area contributed by atoms with Crippen LogP contribution in [0.5, 0.6) is 5.75 Å². The smallest absolute Gasteiger partial charge is 0.274 e. The van der Waals surface area contributed by atoms with Crippen molar-refractivity contribution in [2.24, 2.45) is 0 Å². The quantitative estimate of drug-likeness (QED) is 0.898. The van der Waals surface area contributed by atoms with E-state index in [1.807, 2.05) is 6.92 Å². The first-order valence-electron chi connectivity index (χ1n) is 5.71. The molecule has 2 rings (SSSR count). The van der Waals surface area contributed by atoms with Crippen LogP contribution in [0.3, 0.4) is 0 Å². The summed E-state index contributed by atoms with van der Waals surface area (Å²) in [6.07, 6.45) is 0. The van der Waals surface area contributed by atoms with E-state index in [9.17, 15) is 8.78 Å². The molecule has 3 N–H and O–H groups in total. The molecule has 0 amide bonds. The molecule has 0 unspecified atom stereocenters. The van der Waals surface area contributed by atoms with Gasteiger partial charge in [0.1, 0.15) is 11.6 Å². The maximum Gasteiger partial charge on any atom is 0.274 e. The highest BCUT2D eigenvalue weighted by Gasteiger charge is 2.31. The Hall–Kier alpha value is -2.11. The summed E-state index contributed by atoms with van der Waals surface area (Å²) < 4.78 is 32.4. The van der Waals surface area contributed by atoms with E-state index in [0.717, 1.165) is 12.5 Å². The zero-order valence-corrected chi connectivity index (χ0v) is 10.9. The Bertz CT molecular complexity index is 602. The lowest BCUT2D eigenvalue weighted by Gasteiger charge is -2.19. The largest absolute Gasteiger partial charge is 0.496 e. The van der Waals surface area contributed by atoms with Crippen LogP contribution >= 0.6 is 0 Å². The van der Waals surface area contributed by atoms with E-state index in [1.54, 1.807) is 12.1 Å². The van der Waals surface area contributed by atoms with Gasteiger partial charge in [0.05, 0.1) is 18.4 Å². The molecule has 0 spiro atoms. The van der Waals surface area contributed by atoms with Crippen LogP contribution < -0.4 is 10.5 Å². The molecule has 2 aromatic rings. The van der Waals surface area contributed by atoms with E-state index < -0.39 is 5.92 Å². The molecule has 1 aromatic carbocycles. The lowest BCUT2D eigenvalue weighted by atomic mass is 9.97. The molecule has 1 aromatic heterocycles. The van der Waals surface area contributed by atoms with Crippen LogP contribution in [0.4, 0.5) is 14.6 Å². The Morgan fingerprint density at radius 2 is 2.05 bits per heavy atom. The van der Waals surface area contributed by atoms with Gasteiger partial charge in [0.15, 0.2) is 0 Å². The molecule has 1 heterocycles. The summed E-state index contributed by atoms with van der Waals surface area (Å²) in [6, 6.07) is 4.58. The van der Waals surface area contributed by atoms with Crippen LogP contribution in [-0.4, -0.2) is 17.3 Å². The second-order valence-corrected chi connectivity index (χ2v) is 4.43. The Labute approximate surface area is 109 Å². The first-order chi connectivity index (χ1) is 8.84. The SMILES string of the molecule is COc1c(C(C)(F)F)ccc(C)c1-c1cc(N)n[nH]1. The normalized spacial score (nSPS) is 11.6. The van der Waals surface area contributed by atoms with Gasteiger partial charge in [-0.3, -0.25) is 5.10 Å². The van der Waals surface area contributed by atoms with Crippen LogP contribution in [0.1, 0.15) is 18.1 Å². The molecule has 0 saturated heterocycles. The summed E-state index contributed by atoms with van der Waals surface area (Å²) in [7, 11) is 1.37. The molecule has 102 valence electrons. The number of methoxy groups -OCH3 is 1. The van der Waals surface area contributed by atoms with Gasteiger partial charge in [-0.1, -0.05) is 6.07 Å². The maximum atomic E-state index is 13.6. The van der Waals surface area contributed by atoms with Crippen molar-refractivity contribution >= 4 is 5.82 Å². The molecule has 0 bridgehead atoms. The first-order valence-corrected chi connectivity index (χ1v) is 5.71. The number of aromatic nitrogens is 2. The maximum absolute atomic E-state index is 13.6. The predicted molar refractivity (Wildman–Crippen MR) is 69.3 cm³/mol. The van der Waals surface area contributed by atoms with Gasteiger partial charge in [-0.15, -0.1) is 0 Å². The Balaban J connectivity index is 2.72. The number of ether oxygens (including phenoxy) is 1. The minimum atomic E-state index is -2.99. The number of H-pyrrole nitrogens is 1. The van der Waals surface area contributed by atoms with Gasteiger partial charge in [0.2, 0.25) is 0 Å². The fourth-order valence-corrected chi connectivity index (χ4v) is 2.04. The summed E-state index contributed by atoms with van der Waals surface area (Å²) in [5, 5.41) is 6.53. The number of halogens is 2. The van der Waals surface area contributed by atoms with Crippen LogP contribution in [-0.2, 0) is 5.92 Å². The fourth-order valence-electron chi connectivity index (χ4n) is 2.04. The molecule has 0 aliphatic carbocycles. The van der Waals surface area contributed by atoms with E-state index in [2.05, 4.69) is 10.2 Å². The highest BCUT2D eigenvalue weighted by atomic mass is 19.3. The number of benzene rings is 1. The summed E-state index contributed by atoms with van der Waals surface area (Å²) in [5.74, 6) is -2.56. The molecule has 0 aliphatic rings. The zero-order chi connectivity index (χ0) is 14.2. The molecular formula is C13H15F2N3O. The van der Waals surface area contributed by atoms with Crippen LogP contribution in [0.25, 0.3) is 11.3 Å². The number of anilines is 1. The monoisotopic (exact) mass is 267 g/mol. The Morgan fingerprint density at radius 1 is 1.37 bits per heavy atom.